The summed E-state index contributed by atoms with van der Waals surface area (Å²) in [6.45, 7) is 10.8. The van der Waals surface area contributed by atoms with Crippen molar-refractivity contribution in [1.82, 2.24) is 5.32 Å². The van der Waals surface area contributed by atoms with Crippen LogP contribution in [0.4, 0.5) is 0 Å². The first kappa shape index (κ1) is 28.8. The highest BCUT2D eigenvalue weighted by atomic mass is 16.4. The normalized spacial score (nSPS) is 44.9. The minimum Gasteiger partial charge on any atom is -0.480 e. The zero-order chi connectivity index (χ0) is 27.3. The number of fused-ring (bicyclic) bond motifs is 5. The minimum atomic E-state index is -0.977. The van der Waals surface area contributed by atoms with Gasteiger partial charge in [0.15, 0.2) is 0 Å². The summed E-state index contributed by atoms with van der Waals surface area (Å²) in [6, 6.07) is -0.836. The van der Waals surface area contributed by atoms with Gasteiger partial charge in [-0.2, -0.15) is 0 Å². The molecule has 4 fully saturated rings. The minimum absolute atomic E-state index is 0.0394. The summed E-state index contributed by atoms with van der Waals surface area (Å²) in [5, 5.41) is 45.2. The number of carboxylic acid groups (broad SMARTS) is 1. The summed E-state index contributed by atoms with van der Waals surface area (Å²) in [6.07, 6.45) is 6.11. The summed E-state index contributed by atoms with van der Waals surface area (Å²) in [5.41, 5.74) is 0.0265. The van der Waals surface area contributed by atoms with Crippen LogP contribution in [0.2, 0.25) is 0 Å². The highest BCUT2D eigenvalue weighted by molar-refractivity contribution is 5.83. The lowest BCUT2D eigenvalue weighted by molar-refractivity contribution is -0.223. The predicted molar refractivity (Wildman–Crippen MR) is 141 cm³/mol. The lowest BCUT2D eigenvalue weighted by Crippen LogP contribution is -2.64. The fourth-order valence-corrected chi connectivity index (χ4v) is 9.73. The second-order valence-electron chi connectivity index (χ2n) is 14.1. The number of aliphatic hydroxyl groups excluding tert-OH is 3. The number of carboxylic acids is 1. The van der Waals surface area contributed by atoms with Crippen LogP contribution in [-0.2, 0) is 9.59 Å². The molecule has 0 aromatic rings. The SMILES string of the molecule is CC(C)C[C@H](NC(=O)CC[C@@H](C)[C@H]1CC[C@H]2[C@@H]3[C@H](O)[C@@H](O)[C@@H]4C[C@H](O)CC[C@]4(C)[C@H]3CC[C@]12C)C(=O)O. The molecule has 0 radical (unpaired) electrons. The van der Waals surface area contributed by atoms with Crippen molar-refractivity contribution < 1.29 is 30.0 Å². The van der Waals surface area contributed by atoms with Gasteiger partial charge in [-0.05, 0) is 110 Å². The summed E-state index contributed by atoms with van der Waals surface area (Å²) < 4.78 is 0. The molecular formula is C30H51NO6. The summed E-state index contributed by atoms with van der Waals surface area (Å²) in [4.78, 5) is 24.2. The molecule has 7 nitrogen and oxygen atoms in total. The van der Waals surface area contributed by atoms with Crippen molar-refractivity contribution >= 4 is 11.9 Å². The molecule has 0 aromatic heterocycles. The van der Waals surface area contributed by atoms with Gasteiger partial charge >= 0.3 is 5.97 Å². The molecule has 0 spiro atoms. The fraction of sp³-hybridized carbons (Fsp3) is 0.933. The summed E-state index contributed by atoms with van der Waals surface area (Å²) >= 11 is 0. The molecule has 4 aliphatic rings. The molecule has 7 heteroatoms. The molecule has 212 valence electrons. The molecule has 0 aliphatic heterocycles. The first-order valence-electron chi connectivity index (χ1n) is 14.9. The number of carbonyl (C=O) groups is 2. The van der Waals surface area contributed by atoms with Crippen LogP contribution in [0.15, 0.2) is 0 Å². The molecule has 4 aliphatic carbocycles. The van der Waals surface area contributed by atoms with Gasteiger partial charge in [0, 0.05) is 6.42 Å². The topological polar surface area (TPSA) is 127 Å². The number of carbonyl (C=O) groups excluding carboxylic acids is 1. The fourth-order valence-electron chi connectivity index (χ4n) is 9.73. The van der Waals surface area contributed by atoms with Crippen molar-refractivity contribution in [3.8, 4) is 0 Å². The molecule has 0 unspecified atom stereocenters. The maximum atomic E-state index is 12.6. The molecule has 5 N–H and O–H groups in total. The Morgan fingerprint density at radius 3 is 2.19 bits per heavy atom. The van der Waals surface area contributed by atoms with Gasteiger partial charge in [-0.25, -0.2) is 4.79 Å². The molecule has 1 amide bonds. The number of amides is 1. The molecule has 0 aromatic carbocycles. The van der Waals surface area contributed by atoms with Crippen LogP contribution < -0.4 is 5.32 Å². The van der Waals surface area contributed by atoms with E-state index in [2.05, 4.69) is 26.1 Å². The van der Waals surface area contributed by atoms with E-state index in [-0.39, 0.29) is 40.6 Å². The molecular weight excluding hydrogens is 470 g/mol. The van der Waals surface area contributed by atoms with E-state index in [4.69, 9.17) is 0 Å². The third-order valence-electron chi connectivity index (χ3n) is 11.7. The molecule has 4 rings (SSSR count). The van der Waals surface area contributed by atoms with Crippen LogP contribution in [0.3, 0.4) is 0 Å². The largest absolute Gasteiger partial charge is 0.480 e. The molecule has 37 heavy (non-hydrogen) atoms. The predicted octanol–water partition coefficient (Wildman–Crippen LogP) is 3.98. The Morgan fingerprint density at radius 1 is 0.892 bits per heavy atom. The van der Waals surface area contributed by atoms with Gasteiger partial charge < -0.3 is 25.7 Å². The number of hydrogen-bond acceptors (Lipinski definition) is 5. The number of rotatable bonds is 8. The molecule has 0 saturated heterocycles. The maximum Gasteiger partial charge on any atom is 0.326 e. The van der Waals surface area contributed by atoms with Gasteiger partial charge in [-0.3, -0.25) is 4.79 Å². The lowest BCUT2D eigenvalue weighted by atomic mass is 9.43. The standard InChI is InChI=1S/C30H51NO6/c1-16(2)14-23(28(36)37)31-24(33)9-6-17(3)19-7-8-20-25-21(11-13-29(19,20)4)30(5)12-10-18(32)15-22(30)26(34)27(25)35/h16-23,25-27,32,34-35H,6-15H2,1-5H3,(H,31,33)(H,36,37)/t17-,18-,19-,20+,21+,22+,23+,25+,26+,27+,29-,30-/m1/s1. The van der Waals surface area contributed by atoms with E-state index in [0.29, 0.717) is 42.9 Å². The van der Waals surface area contributed by atoms with Crippen molar-refractivity contribution in [3.05, 3.63) is 0 Å². The third-order valence-corrected chi connectivity index (χ3v) is 11.7. The Bertz CT molecular complexity index is 848. The van der Waals surface area contributed by atoms with Gasteiger partial charge in [0.25, 0.3) is 0 Å². The van der Waals surface area contributed by atoms with E-state index in [9.17, 15) is 30.0 Å². The van der Waals surface area contributed by atoms with Crippen LogP contribution in [0.5, 0.6) is 0 Å². The Morgan fingerprint density at radius 2 is 1.54 bits per heavy atom. The zero-order valence-corrected chi connectivity index (χ0v) is 23.5. The second-order valence-corrected chi connectivity index (χ2v) is 14.1. The van der Waals surface area contributed by atoms with Gasteiger partial charge in [0.2, 0.25) is 5.91 Å². The molecule has 4 saturated carbocycles. The lowest BCUT2D eigenvalue weighted by Gasteiger charge is -2.63. The Hall–Kier alpha value is -1.18. The molecule has 0 bridgehead atoms. The molecule has 12 atom stereocenters. The monoisotopic (exact) mass is 521 g/mol. The average Bonchev–Trinajstić information content (AvgIpc) is 3.18. The van der Waals surface area contributed by atoms with E-state index in [1.807, 2.05) is 13.8 Å². The van der Waals surface area contributed by atoms with Crippen LogP contribution in [0.1, 0.15) is 98.8 Å². The zero-order valence-electron chi connectivity index (χ0n) is 23.5. The van der Waals surface area contributed by atoms with Crippen molar-refractivity contribution in [2.75, 3.05) is 0 Å². The molecule has 0 heterocycles. The van der Waals surface area contributed by atoms with Crippen molar-refractivity contribution in [3.63, 3.8) is 0 Å². The smallest absolute Gasteiger partial charge is 0.326 e. The number of hydrogen-bond donors (Lipinski definition) is 5. The summed E-state index contributed by atoms with van der Waals surface area (Å²) in [5.74, 6) is 0.553. The van der Waals surface area contributed by atoms with Crippen molar-refractivity contribution in [1.29, 1.82) is 0 Å². The second kappa shape index (κ2) is 10.8. The van der Waals surface area contributed by atoms with E-state index in [1.54, 1.807) is 0 Å². The summed E-state index contributed by atoms with van der Waals surface area (Å²) in [7, 11) is 0. The van der Waals surface area contributed by atoms with Gasteiger partial charge in [-0.1, -0.05) is 34.6 Å². The van der Waals surface area contributed by atoms with Crippen LogP contribution in [-0.4, -0.2) is 56.7 Å². The Kier molecular flexibility index (Phi) is 8.39. The highest BCUT2D eigenvalue weighted by Gasteiger charge is 2.65. The quantitative estimate of drug-likeness (QED) is 0.329. The van der Waals surface area contributed by atoms with Crippen molar-refractivity contribution in [2.45, 2.75) is 123 Å². The van der Waals surface area contributed by atoms with E-state index < -0.39 is 24.2 Å². The van der Waals surface area contributed by atoms with Gasteiger partial charge in [0.05, 0.1) is 18.3 Å². The van der Waals surface area contributed by atoms with E-state index in [0.717, 1.165) is 44.9 Å². The third kappa shape index (κ3) is 5.21. The number of aliphatic carboxylic acids is 1. The Balaban J connectivity index is 1.42. The first-order chi connectivity index (χ1) is 17.3. The van der Waals surface area contributed by atoms with Gasteiger partial charge in [0.1, 0.15) is 6.04 Å². The number of aliphatic hydroxyl groups is 3. The Labute approximate surface area is 222 Å². The van der Waals surface area contributed by atoms with Crippen LogP contribution in [0, 0.1) is 52.3 Å². The van der Waals surface area contributed by atoms with Crippen LogP contribution in [0.25, 0.3) is 0 Å². The van der Waals surface area contributed by atoms with Gasteiger partial charge in [-0.15, -0.1) is 0 Å². The maximum absolute atomic E-state index is 12.6. The first-order valence-corrected chi connectivity index (χ1v) is 14.9. The average molecular weight is 522 g/mol. The van der Waals surface area contributed by atoms with E-state index in [1.165, 1.54) is 0 Å². The highest BCUT2D eigenvalue weighted by Crippen LogP contribution is 2.68. The number of nitrogens with one attached hydrogen (secondary N) is 1. The van der Waals surface area contributed by atoms with E-state index >= 15 is 0 Å². The van der Waals surface area contributed by atoms with Crippen LogP contribution >= 0.6 is 0 Å². The van der Waals surface area contributed by atoms with Crippen molar-refractivity contribution in [2.24, 2.45) is 52.3 Å².